The maximum Gasteiger partial charge on any atom is 0.225 e. The van der Waals surface area contributed by atoms with Crippen molar-refractivity contribution >= 4 is 11.6 Å². The van der Waals surface area contributed by atoms with Gasteiger partial charge in [-0.3, -0.25) is 4.79 Å². The van der Waals surface area contributed by atoms with Gasteiger partial charge in [-0.05, 0) is 37.6 Å². The van der Waals surface area contributed by atoms with E-state index >= 15 is 0 Å². The van der Waals surface area contributed by atoms with Crippen LogP contribution in [0.15, 0.2) is 18.2 Å². The Kier molecular flexibility index (Phi) is 3.68. The summed E-state index contributed by atoms with van der Waals surface area (Å²) < 4.78 is 0. The fourth-order valence-electron chi connectivity index (χ4n) is 1.24. The predicted molar refractivity (Wildman–Crippen MR) is 59.7 cm³/mol. The van der Waals surface area contributed by atoms with E-state index < -0.39 is 0 Å². The Morgan fingerprint density at radius 2 is 2.27 bits per heavy atom. The van der Waals surface area contributed by atoms with E-state index in [0.29, 0.717) is 12.1 Å². The number of amides is 1. The highest BCUT2D eigenvalue weighted by Crippen LogP contribution is 2.20. The van der Waals surface area contributed by atoms with Crippen LogP contribution in [-0.4, -0.2) is 17.1 Å². The van der Waals surface area contributed by atoms with Gasteiger partial charge in [0, 0.05) is 18.2 Å². The molecular weight excluding hydrogens is 192 g/mol. The van der Waals surface area contributed by atoms with Crippen molar-refractivity contribution in [3.8, 4) is 5.75 Å². The number of anilines is 1. The third-order valence-electron chi connectivity index (χ3n) is 1.99. The first-order valence-electron chi connectivity index (χ1n) is 4.84. The zero-order chi connectivity index (χ0) is 11.4. The minimum Gasteiger partial charge on any atom is -0.508 e. The maximum atomic E-state index is 11.4. The number of aryl methyl sites for hydroxylation is 1. The summed E-state index contributed by atoms with van der Waals surface area (Å²) in [7, 11) is 0. The van der Waals surface area contributed by atoms with Gasteiger partial charge in [-0.25, -0.2) is 0 Å². The first-order valence-corrected chi connectivity index (χ1v) is 4.84. The Labute approximate surface area is 89.1 Å². The third kappa shape index (κ3) is 3.59. The number of carbonyl (C=O) groups is 1. The van der Waals surface area contributed by atoms with Gasteiger partial charge in [0.05, 0.1) is 0 Å². The highest BCUT2D eigenvalue weighted by molar-refractivity contribution is 5.91. The van der Waals surface area contributed by atoms with Gasteiger partial charge in [-0.2, -0.15) is 0 Å². The summed E-state index contributed by atoms with van der Waals surface area (Å²) in [6, 6.07) is 4.77. The maximum absolute atomic E-state index is 11.4. The molecule has 4 nitrogen and oxygen atoms in total. The molecule has 1 aromatic carbocycles. The van der Waals surface area contributed by atoms with Crippen molar-refractivity contribution in [1.82, 2.24) is 0 Å². The van der Waals surface area contributed by atoms with E-state index in [4.69, 9.17) is 5.73 Å². The van der Waals surface area contributed by atoms with E-state index in [1.807, 2.05) is 0 Å². The van der Waals surface area contributed by atoms with Crippen LogP contribution in [0.2, 0.25) is 0 Å². The minimum atomic E-state index is -0.150. The molecule has 0 spiro atoms. The molecule has 0 saturated heterocycles. The molecule has 1 rings (SSSR count). The van der Waals surface area contributed by atoms with Crippen molar-refractivity contribution in [3.63, 3.8) is 0 Å². The fourth-order valence-corrected chi connectivity index (χ4v) is 1.24. The molecule has 1 atom stereocenters. The summed E-state index contributed by atoms with van der Waals surface area (Å²) in [4.78, 5) is 11.4. The van der Waals surface area contributed by atoms with Crippen molar-refractivity contribution in [2.24, 2.45) is 5.73 Å². The number of phenols is 1. The van der Waals surface area contributed by atoms with Gasteiger partial charge >= 0.3 is 0 Å². The Hall–Kier alpha value is -1.55. The normalized spacial score (nSPS) is 12.2. The molecule has 0 fully saturated rings. The molecule has 1 aromatic rings. The Bertz CT molecular complexity index is 362. The van der Waals surface area contributed by atoms with E-state index in [1.54, 1.807) is 32.0 Å². The van der Waals surface area contributed by atoms with Crippen LogP contribution >= 0.6 is 0 Å². The first kappa shape index (κ1) is 11.5. The van der Waals surface area contributed by atoms with E-state index in [-0.39, 0.29) is 17.7 Å². The lowest BCUT2D eigenvalue weighted by molar-refractivity contribution is -0.116. The SMILES string of the molecule is Cc1cc(NC(=O)CC(C)N)ccc1O. The minimum absolute atomic E-state index is 0.116. The lowest BCUT2D eigenvalue weighted by Crippen LogP contribution is -2.23. The van der Waals surface area contributed by atoms with Crippen LogP contribution in [0, 0.1) is 6.92 Å². The number of phenolic OH excluding ortho intramolecular Hbond substituents is 1. The highest BCUT2D eigenvalue weighted by atomic mass is 16.3. The van der Waals surface area contributed by atoms with Crippen LogP contribution in [0.1, 0.15) is 18.9 Å². The van der Waals surface area contributed by atoms with Crippen LogP contribution in [0.3, 0.4) is 0 Å². The van der Waals surface area contributed by atoms with Crippen molar-refractivity contribution in [3.05, 3.63) is 23.8 Å². The van der Waals surface area contributed by atoms with E-state index in [2.05, 4.69) is 5.32 Å². The monoisotopic (exact) mass is 208 g/mol. The molecule has 0 radical (unpaired) electrons. The molecule has 1 unspecified atom stereocenters. The fraction of sp³-hybridized carbons (Fsp3) is 0.364. The molecule has 82 valence electrons. The number of benzene rings is 1. The lowest BCUT2D eigenvalue weighted by Gasteiger charge is -2.08. The summed E-state index contributed by atoms with van der Waals surface area (Å²) in [5.74, 6) is 0.107. The Morgan fingerprint density at radius 3 is 2.80 bits per heavy atom. The van der Waals surface area contributed by atoms with Gasteiger partial charge in [0.1, 0.15) is 5.75 Å². The summed E-state index contributed by atoms with van der Waals surface area (Å²) in [6.45, 7) is 3.55. The van der Waals surface area contributed by atoms with Gasteiger partial charge in [-0.15, -0.1) is 0 Å². The highest BCUT2D eigenvalue weighted by Gasteiger charge is 2.06. The van der Waals surface area contributed by atoms with E-state index in [1.165, 1.54) is 0 Å². The van der Waals surface area contributed by atoms with Crippen LogP contribution in [0.4, 0.5) is 5.69 Å². The van der Waals surface area contributed by atoms with Crippen molar-refractivity contribution in [2.45, 2.75) is 26.3 Å². The topological polar surface area (TPSA) is 75.4 Å². The van der Waals surface area contributed by atoms with Gasteiger partial charge in [-0.1, -0.05) is 0 Å². The number of hydrogen-bond acceptors (Lipinski definition) is 3. The van der Waals surface area contributed by atoms with Crippen molar-refractivity contribution < 1.29 is 9.90 Å². The van der Waals surface area contributed by atoms with Gasteiger partial charge in [0.2, 0.25) is 5.91 Å². The van der Waals surface area contributed by atoms with Crippen LogP contribution in [-0.2, 0) is 4.79 Å². The number of carbonyl (C=O) groups excluding carboxylic acids is 1. The number of nitrogens with two attached hydrogens (primary N) is 1. The molecule has 0 aromatic heterocycles. The van der Waals surface area contributed by atoms with Crippen LogP contribution in [0.5, 0.6) is 5.75 Å². The quantitative estimate of drug-likeness (QED) is 0.657. The zero-order valence-electron chi connectivity index (χ0n) is 8.95. The molecule has 0 saturated carbocycles. The smallest absolute Gasteiger partial charge is 0.225 e. The summed E-state index contributed by atoms with van der Waals surface area (Å²) in [6.07, 6.45) is 0.292. The Morgan fingerprint density at radius 1 is 1.60 bits per heavy atom. The zero-order valence-corrected chi connectivity index (χ0v) is 8.95. The van der Waals surface area contributed by atoms with Gasteiger partial charge in [0.25, 0.3) is 0 Å². The summed E-state index contributed by atoms with van der Waals surface area (Å²) in [5.41, 5.74) is 6.91. The number of aromatic hydroxyl groups is 1. The molecule has 15 heavy (non-hydrogen) atoms. The third-order valence-corrected chi connectivity index (χ3v) is 1.99. The van der Waals surface area contributed by atoms with Crippen molar-refractivity contribution in [1.29, 1.82) is 0 Å². The summed E-state index contributed by atoms with van der Waals surface area (Å²) >= 11 is 0. The largest absolute Gasteiger partial charge is 0.508 e. The number of rotatable bonds is 3. The molecule has 0 aliphatic heterocycles. The number of hydrogen-bond donors (Lipinski definition) is 3. The second-order valence-corrected chi connectivity index (χ2v) is 3.73. The standard InChI is InChI=1S/C11H16N2O2/c1-7-5-9(3-4-10(7)14)13-11(15)6-8(2)12/h3-5,8,14H,6,12H2,1-2H3,(H,13,15). The van der Waals surface area contributed by atoms with E-state index in [9.17, 15) is 9.90 Å². The average Bonchev–Trinajstić information content (AvgIpc) is 2.10. The van der Waals surface area contributed by atoms with Gasteiger partial charge < -0.3 is 16.2 Å². The van der Waals surface area contributed by atoms with Gasteiger partial charge in [0.15, 0.2) is 0 Å². The van der Waals surface area contributed by atoms with Crippen molar-refractivity contribution in [2.75, 3.05) is 5.32 Å². The lowest BCUT2D eigenvalue weighted by atomic mass is 10.2. The predicted octanol–water partition coefficient (Wildman–Crippen LogP) is 1.38. The average molecular weight is 208 g/mol. The molecule has 0 heterocycles. The molecule has 0 aliphatic rings. The molecule has 4 N–H and O–H groups in total. The number of nitrogens with one attached hydrogen (secondary N) is 1. The second-order valence-electron chi connectivity index (χ2n) is 3.73. The van der Waals surface area contributed by atoms with Crippen LogP contribution in [0.25, 0.3) is 0 Å². The Balaban J connectivity index is 2.65. The first-order chi connectivity index (χ1) is 6.99. The molecule has 1 amide bonds. The second kappa shape index (κ2) is 4.79. The van der Waals surface area contributed by atoms with E-state index in [0.717, 1.165) is 5.56 Å². The molecule has 4 heteroatoms. The van der Waals surface area contributed by atoms with Crippen LogP contribution < -0.4 is 11.1 Å². The molecule has 0 aliphatic carbocycles. The summed E-state index contributed by atoms with van der Waals surface area (Å²) in [5, 5.41) is 12.0. The molecular formula is C11H16N2O2. The molecule has 0 bridgehead atoms.